The van der Waals surface area contributed by atoms with Crippen molar-refractivity contribution in [3.8, 4) is 0 Å². The maximum absolute atomic E-state index is 4.21. The van der Waals surface area contributed by atoms with Crippen LogP contribution in [0.25, 0.3) is 0 Å². The van der Waals surface area contributed by atoms with Gasteiger partial charge < -0.3 is 0 Å². The number of hydrogen-bond acceptors (Lipinski definition) is 0. The summed E-state index contributed by atoms with van der Waals surface area (Å²) in [7, 11) is 0. The number of nitrogens with zero attached hydrogens (tertiary/aromatic N) is 1. The van der Waals surface area contributed by atoms with Gasteiger partial charge in [-0.3, -0.25) is 0 Å². The van der Waals surface area contributed by atoms with E-state index in [1.165, 1.54) is 19.3 Å². The van der Waals surface area contributed by atoms with Crippen LogP contribution >= 0.6 is 0 Å². The van der Waals surface area contributed by atoms with Crippen LogP contribution in [0.1, 0.15) is 26.2 Å². The van der Waals surface area contributed by atoms with Crippen molar-refractivity contribution in [2.24, 2.45) is 0 Å². The molecule has 53 valence electrons. The Morgan fingerprint density at radius 1 is 1.44 bits per heavy atom. The lowest BCUT2D eigenvalue weighted by atomic mass is 10.2. The molecule has 1 heteroatoms. The first-order chi connectivity index (χ1) is 4.41. The second kappa shape index (κ2) is 7.70. The first-order valence-corrected chi connectivity index (χ1v) is 3.66. The van der Waals surface area contributed by atoms with Gasteiger partial charge in [0.25, 0.3) is 0 Å². The van der Waals surface area contributed by atoms with Crippen LogP contribution in [0.3, 0.4) is 0 Å². The molecule has 0 unspecified atom stereocenters. The van der Waals surface area contributed by atoms with Crippen LogP contribution in [0.15, 0.2) is 12.7 Å². The van der Waals surface area contributed by atoms with E-state index < -0.39 is 0 Å². The molecule has 1 radical (unpaired) electrons. The molecule has 0 N–H and O–H groups in total. The summed E-state index contributed by atoms with van der Waals surface area (Å²) in [4.78, 5) is 0. The Balaban J connectivity index is 2.66. The van der Waals surface area contributed by atoms with E-state index in [1.807, 2.05) is 6.08 Å². The Morgan fingerprint density at radius 3 is 2.78 bits per heavy atom. The summed E-state index contributed by atoms with van der Waals surface area (Å²) in [5, 5.41) is 4.21. The van der Waals surface area contributed by atoms with Gasteiger partial charge in [0.15, 0.2) is 0 Å². The lowest BCUT2D eigenvalue weighted by Gasteiger charge is -1.95. The third-order valence-electron chi connectivity index (χ3n) is 1.18. The van der Waals surface area contributed by atoms with Crippen LogP contribution < -0.4 is 5.32 Å². The third kappa shape index (κ3) is 7.70. The molecule has 0 spiro atoms. The van der Waals surface area contributed by atoms with Gasteiger partial charge in [0, 0.05) is 13.1 Å². The van der Waals surface area contributed by atoms with Crippen molar-refractivity contribution < 1.29 is 0 Å². The molecule has 0 amide bonds. The molecular weight excluding hydrogens is 110 g/mol. The summed E-state index contributed by atoms with van der Waals surface area (Å²) in [6, 6.07) is 0. The minimum absolute atomic E-state index is 0.823. The van der Waals surface area contributed by atoms with Crippen molar-refractivity contribution in [1.82, 2.24) is 5.32 Å². The third-order valence-corrected chi connectivity index (χ3v) is 1.18. The van der Waals surface area contributed by atoms with Crippen molar-refractivity contribution in [3.05, 3.63) is 12.7 Å². The topological polar surface area (TPSA) is 14.1 Å². The molecule has 0 saturated carbocycles. The normalized spacial score (nSPS) is 9.44. The molecule has 0 aromatic rings. The maximum Gasteiger partial charge on any atom is 0.0311 e. The highest BCUT2D eigenvalue weighted by Gasteiger charge is 1.83. The van der Waals surface area contributed by atoms with E-state index in [1.54, 1.807) is 0 Å². The van der Waals surface area contributed by atoms with Crippen molar-refractivity contribution >= 4 is 0 Å². The van der Waals surface area contributed by atoms with Gasteiger partial charge in [-0.05, 0) is 6.42 Å². The molecular formula is C8H16N. The van der Waals surface area contributed by atoms with Crippen molar-refractivity contribution in [2.75, 3.05) is 13.1 Å². The fourth-order valence-corrected chi connectivity index (χ4v) is 0.656. The van der Waals surface area contributed by atoms with Gasteiger partial charge in [-0.2, -0.15) is 0 Å². The van der Waals surface area contributed by atoms with Crippen LogP contribution in [0, 0.1) is 0 Å². The summed E-state index contributed by atoms with van der Waals surface area (Å²) < 4.78 is 0. The molecule has 0 atom stereocenters. The smallest absolute Gasteiger partial charge is 0.0311 e. The van der Waals surface area contributed by atoms with Gasteiger partial charge >= 0.3 is 0 Å². The highest BCUT2D eigenvalue weighted by atomic mass is 14.8. The molecule has 0 aliphatic carbocycles. The molecule has 0 aliphatic rings. The zero-order valence-corrected chi connectivity index (χ0v) is 6.27. The van der Waals surface area contributed by atoms with Crippen LogP contribution in [-0.2, 0) is 0 Å². The van der Waals surface area contributed by atoms with E-state index in [0.29, 0.717) is 0 Å². The predicted molar refractivity (Wildman–Crippen MR) is 41.6 cm³/mol. The maximum atomic E-state index is 4.21. The highest BCUT2D eigenvalue weighted by molar-refractivity contribution is 4.68. The zero-order valence-electron chi connectivity index (χ0n) is 6.27. The van der Waals surface area contributed by atoms with Crippen LogP contribution in [0.4, 0.5) is 0 Å². The van der Waals surface area contributed by atoms with E-state index in [2.05, 4.69) is 18.8 Å². The SMILES string of the molecule is C=CC[N]CCCCC. The molecule has 0 aromatic heterocycles. The van der Waals surface area contributed by atoms with E-state index in [0.717, 1.165) is 13.1 Å². The first kappa shape index (κ1) is 8.70. The number of rotatable bonds is 6. The quantitative estimate of drug-likeness (QED) is 0.381. The van der Waals surface area contributed by atoms with E-state index in [9.17, 15) is 0 Å². The average Bonchev–Trinajstić information content (AvgIpc) is 1.89. The first-order valence-electron chi connectivity index (χ1n) is 3.66. The molecule has 0 aliphatic heterocycles. The molecule has 0 bridgehead atoms. The van der Waals surface area contributed by atoms with Gasteiger partial charge in [-0.1, -0.05) is 25.8 Å². The van der Waals surface area contributed by atoms with Crippen LogP contribution in [-0.4, -0.2) is 13.1 Å². The van der Waals surface area contributed by atoms with E-state index in [-0.39, 0.29) is 0 Å². The largest absolute Gasteiger partial charge is 0.238 e. The highest BCUT2D eigenvalue weighted by Crippen LogP contribution is 1.90. The van der Waals surface area contributed by atoms with Crippen molar-refractivity contribution in [1.29, 1.82) is 0 Å². The lowest BCUT2D eigenvalue weighted by molar-refractivity contribution is 0.638. The minimum atomic E-state index is 0.823. The minimum Gasteiger partial charge on any atom is -0.238 e. The molecule has 0 aromatic carbocycles. The fourth-order valence-electron chi connectivity index (χ4n) is 0.656. The lowest BCUT2D eigenvalue weighted by Crippen LogP contribution is -2.05. The van der Waals surface area contributed by atoms with Gasteiger partial charge in [0.2, 0.25) is 0 Å². The standard InChI is InChI=1S/C8H16N/c1-3-5-6-8-9-7-4-2/h4H,2-3,5-8H2,1H3. The molecule has 0 rings (SSSR count). The van der Waals surface area contributed by atoms with Crippen molar-refractivity contribution in [3.63, 3.8) is 0 Å². The summed E-state index contributed by atoms with van der Waals surface area (Å²) in [5.74, 6) is 0. The van der Waals surface area contributed by atoms with E-state index in [4.69, 9.17) is 0 Å². The monoisotopic (exact) mass is 126 g/mol. The Bertz CT molecular complexity index is 59.6. The Kier molecular flexibility index (Phi) is 7.44. The summed E-state index contributed by atoms with van der Waals surface area (Å²) in [5.41, 5.74) is 0. The molecule has 0 heterocycles. The molecule has 9 heavy (non-hydrogen) atoms. The molecule has 0 fully saturated rings. The van der Waals surface area contributed by atoms with Gasteiger partial charge in [0.1, 0.15) is 0 Å². The predicted octanol–water partition coefficient (Wildman–Crippen LogP) is 1.97. The Morgan fingerprint density at radius 2 is 2.22 bits per heavy atom. The van der Waals surface area contributed by atoms with Crippen LogP contribution in [0.5, 0.6) is 0 Å². The average molecular weight is 126 g/mol. The molecule has 0 saturated heterocycles. The summed E-state index contributed by atoms with van der Waals surface area (Å²) in [6.45, 7) is 7.62. The second-order valence-electron chi connectivity index (χ2n) is 2.13. The van der Waals surface area contributed by atoms with Crippen molar-refractivity contribution in [2.45, 2.75) is 26.2 Å². The van der Waals surface area contributed by atoms with E-state index >= 15 is 0 Å². The molecule has 1 nitrogen and oxygen atoms in total. The number of hydrogen-bond donors (Lipinski definition) is 0. The van der Waals surface area contributed by atoms with Gasteiger partial charge in [-0.25, -0.2) is 5.32 Å². The second-order valence-corrected chi connectivity index (χ2v) is 2.13. The Hall–Kier alpha value is -0.300. The van der Waals surface area contributed by atoms with Crippen LogP contribution in [0.2, 0.25) is 0 Å². The summed E-state index contributed by atoms with van der Waals surface area (Å²) >= 11 is 0. The Labute approximate surface area is 58.2 Å². The van der Waals surface area contributed by atoms with Gasteiger partial charge in [0.05, 0.1) is 0 Å². The summed E-state index contributed by atoms with van der Waals surface area (Å²) in [6.07, 6.45) is 5.67. The number of unbranched alkanes of at least 4 members (excludes halogenated alkanes) is 2. The zero-order chi connectivity index (χ0) is 6.95. The van der Waals surface area contributed by atoms with Gasteiger partial charge in [-0.15, -0.1) is 6.58 Å². The fraction of sp³-hybridized carbons (Fsp3) is 0.750.